The number of anilines is 1. The van der Waals surface area contributed by atoms with Gasteiger partial charge in [-0.15, -0.1) is 0 Å². The molecule has 1 amide bonds. The Kier molecular flexibility index (Phi) is 7.77. The molecule has 2 saturated heterocycles. The van der Waals surface area contributed by atoms with Crippen LogP contribution in [0.25, 0.3) is 6.08 Å². The first-order valence-corrected chi connectivity index (χ1v) is 14.2. The second-order valence-corrected chi connectivity index (χ2v) is 11.3. The number of thioether (sulfide) groups is 1. The van der Waals surface area contributed by atoms with Crippen LogP contribution in [0.5, 0.6) is 11.5 Å². The first-order chi connectivity index (χ1) is 18.4. The number of carbonyl (C=O) groups is 1. The fourth-order valence-electron chi connectivity index (χ4n) is 5.10. The molecule has 38 heavy (non-hydrogen) atoms. The fraction of sp³-hybridized carbons (Fsp3) is 0.429. The summed E-state index contributed by atoms with van der Waals surface area (Å²) in [6.07, 6.45) is 6.82. The molecule has 4 heterocycles. The van der Waals surface area contributed by atoms with E-state index >= 15 is 0 Å². The van der Waals surface area contributed by atoms with Crippen molar-refractivity contribution in [1.82, 2.24) is 9.47 Å². The van der Waals surface area contributed by atoms with E-state index in [4.69, 9.17) is 21.7 Å². The van der Waals surface area contributed by atoms with Crippen LogP contribution in [-0.4, -0.2) is 39.6 Å². The molecule has 2 aromatic rings. The van der Waals surface area contributed by atoms with Crippen molar-refractivity contribution in [1.29, 1.82) is 5.26 Å². The summed E-state index contributed by atoms with van der Waals surface area (Å²) in [5.74, 6) is 1.96. The predicted octanol–water partition coefficient (Wildman–Crippen LogP) is 4.95. The smallest absolute Gasteiger partial charge is 0.270 e. The van der Waals surface area contributed by atoms with E-state index in [1.807, 2.05) is 24.3 Å². The van der Waals surface area contributed by atoms with Crippen LogP contribution in [0.3, 0.4) is 0 Å². The number of thiocarbonyl (C=S) groups is 1. The Morgan fingerprint density at radius 1 is 1.16 bits per heavy atom. The van der Waals surface area contributed by atoms with E-state index in [0.29, 0.717) is 39.4 Å². The Balaban J connectivity index is 1.55. The normalized spacial score (nSPS) is 18.0. The molecule has 0 radical (unpaired) electrons. The lowest BCUT2D eigenvalue weighted by Gasteiger charge is -2.33. The molecule has 5 rings (SSSR count). The molecule has 0 bridgehead atoms. The van der Waals surface area contributed by atoms with Gasteiger partial charge in [0.05, 0.1) is 11.4 Å². The molecule has 8 nitrogen and oxygen atoms in total. The van der Waals surface area contributed by atoms with Gasteiger partial charge in [0.1, 0.15) is 21.8 Å². The van der Waals surface area contributed by atoms with Crippen molar-refractivity contribution in [2.24, 2.45) is 0 Å². The van der Waals surface area contributed by atoms with E-state index in [0.717, 1.165) is 62.1 Å². The van der Waals surface area contributed by atoms with Crippen molar-refractivity contribution in [3.05, 3.63) is 55.7 Å². The molecule has 1 aromatic carbocycles. The van der Waals surface area contributed by atoms with Gasteiger partial charge >= 0.3 is 0 Å². The average molecular weight is 551 g/mol. The number of carbonyl (C=O) groups excluding carboxylic acids is 1. The Morgan fingerprint density at radius 2 is 1.92 bits per heavy atom. The lowest BCUT2D eigenvalue weighted by molar-refractivity contribution is -0.122. The molecule has 0 saturated carbocycles. The van der Waals surface area contributed by atoms with Crippen LogP contribution in [-0.2, 0) is 17.9 Å². The van der Waals surface area contributed by atoms with Crippen molar-refractivity contribution >= 4 is 46.1 Å². The molecule has 0 N–H and O–H groups in total. The molecule has 2 fully saturated rings. The minimum absolute atomic E-state index is 0.129. The summed E-state index contributed by atoms with van der Waals surface area (Å²) >= 11 is 6.86. The van der Waals surface area contributed by atoms with Crippen LogP contribution in [0.2, 0.25) is 0 Å². The molecule has 1 aromatic heterocycles. The number of hydrogen-bond donors (Lipinski definition) is 0. The van der Waals surface area contributed by atoms with Gasteiger partial charge < -0.3 is 14.4 Å². The zero-order valence-corrected chi connectivity index (χ0v) is 23.3. The molecule has 10 heteroatoms. The number of hydrogen-bond acceptors (Lipinski definition) is 8. The molecule has 0 aliphatic carbocycles. The molecule has 3 aliphatic heterocycles. The first-order valence-electron chi connectivity index (χ1n) is 13.0. The van der Waals surface area contributed by atoms with Gasteiger partial charge in [-0.25, -0.2) is 0 Å². The fourth-order valence-corrected chi connectivity index (χ4v) is 6.34. The van der Waals surface area contributed by atoms with Gasteiger partial charge in [0.25, 0.3) is 11.5 Å². The van der Waals surface area contributed by atoms with E-state index in [2.05, 4.69) is 17.9 Å². The lowest BCUT2D eigenvalue weighted by Crippen LogP contribution is -2.37. The molecule has 0 atom stereocenters. The van der Waals surface area contributed by atoms with Crippen LogP contribution in [0, 0.1) is 18.3 Å². The number of amides is 1. The summed E-state index contributed by atoms with van der Waals surface area (Å²) in [6, 6.07) is 7.73. The summed E-state index contributed by atoms with van der Waals surface area (Å²) < 4.78 is 13.1. The van der Waals surface area contributed by atoms with Gasteiger partial charge in [-0.1, -0.05) is 43.4 Å². The van der Waals surface area contributed by atoms with Crippen LogP contribution in [0.4, 0.5) is 5.82 Å². The number of aromatic nitrogens is 1. The number of nitriles is 1. The van der Waals surface area contributed by atoms with Crippen LogP contribution in [0.15, 0.2) is 27.9 Å². The number of benzene rings is 1. The number of nitrogens with zero attached hydrogens (tertiary/aromatic N) is 4. The number of rotatable bonds is 7. The SMILES string of the molecule is CCCCn1c(N2CCCCC2)c(/C=C2/SC(=S)N(Cc3ccc4c(c3)OCO4)C2=O)c(C)c(C#N)c1=O. The second kappa shape index (κ2) is 11.2. The summed E-state index contributed by atoms with van der Waals surface area (Å²) in [5, 5.41) is 9.88. The summed E-state index contributed by atoms with van der Waals surface area (Å²) in [6.45, 7) is 6.59. The van der Waals surface area contributed by atoms with Gasteiger partial charge in [-0.2, -0.15) is 5.26 Å². The van der Waals surface area contributed by atoms with Crippen LogP contribution < -0.4 is 19.9 Å². The second-order valence-electron chi connectivity index (χ2n) is 9.66. The minimum Gasteiger partial charge on any atom is -0.454 e. The molecule has 0 unspecified atom stereocenters. The minimum atomic E-state index is -0.258. The van der Waals surface area contributed by atoms with E-state index in [1.165, 1.54) is 11.8 Å². The topological polar surface area (TPSA) is 87.8 Å². The van der Waals surface area contributed by atoms with Crippen molar-refractivity contribution in [3.63, 3.8) is 0 Å². The Labute approximate surface area is 231 Å². The third kappa shape index (κ3) is 4.93. The van der Waals surface area contributed by atoms with Gasteiger partial charge in [0.15, 0.2) is 11.5 Å². The number of piperidine rings is 1. The third-order valence-corrected chi connectivity index (χ3v) is 8.54. The van der Waals surface area contributed by atoms with Crippen molar-refractivity contribution < 1.29 is 14.3 Å². The molecule has 198 valence electrons. The molecular formula is C28H30N4O4S2. The van der Waals surface area contributed by atoms with E-state index in [9.17, 15) is 14.9 Å². The highest BCUT2D eigenvalue weighted by Gasteiger charge is 2.34. The Hall–Kier alpha value is -3.29. The van der Waals surface area contributed by atoms with Gasteiger partial charge in [-0.05, 0) is 61.9 Å². The van der Waals surface area contributed by atoms with Gasteiger partial charge in [0.2, 0.25) is 6.79 Å². The van der Waals surface area contributed by atoms with E-state index in [1.54, 1.807) is 16.4 Å². The highest BCUT2D eigenvalue weighted by Crippen LogP contribution is 2.38. The third-order valence-electron chi connectivity index (χ3n) is 7.16. The van der Waals surface area contributed by atoms with Gasteiger partial charge in [0, 0.05) is 25.2 Å². The van der Waals surface area contributed by atoms with Gasteiger partial charge in [-0.3, -0.25) is 19.1 Å². The zero-order valence-electron chi connectivity index (χ0n) is 21.6. The zero-order chi connectivity index (χ0) is 26.8. The largest absolute Gasteiger partial charge is 0.454 e. The lowest BCUT2D eigenvalue weighted by atomic mass is 10.0. The van der Waals surface area contributed by atoms with E-state index < -0.39 is 0 Å². The van der Waals surface area contributed by atoms with Crippen LogP contribution in [0.1, 0.15) is 61.3 Å². The van der Waals surface area contributed by atoms with Crippen LogP contribution >= 0.6 is 24.0 Å². The summed E-state index contributed by atoms with van der Waals surface area (Å²) in [5.41, 5.74) is 2.11. The summed E-state index contributed by atoms with van der Waals surface area (Å²) in [4.78, 5) is 31.3. The maximum absolute atomic E-state index is 13.6. The quantitative estimate of drug-likeness (QED) is 0.354. The Morgan fingerprint density at radius 3 is 2.66 bits per heavy atom. The van der Waals surface area contributed by atoms with Crippen molar-refractivity contribution in [2.45, 2.75) is 59.0 Å². The van der Waals surface area contributed by atoms with E-state index in [-0.39, 0.29) is 23.8 Å². The number of unbranched alkanes of at least 4 members (excludes halogenated alkanes) is 1. The maximum Gasteiger partial charge on any atom is 0.270 e. The number of pyridine rings is 1. The molecule has 3 aliphatic rings. The summed E-state index contributed by atoms with van der Waals surface area (Å²) in [7, 11) is 0. The van der Waals surface area contributed by atoms with Crippen molar-refractivity contribution in [3.8, 4) is 17.6 Å². The molecular weight excluding hydrogens is 520 g/mol. The molecule has 0 spiro atoms. The Bertz CT molecular complexity index is 1420. The standard InChI is InChI=1S/C28H30N4O4S2/c1-3-4-12-31-25(30-10-6-5-7-11-30)20(18(2)21(15-29)26(31)33)14-24-27(34)32(28(37)38-24)16-19-8-9-22-23(13-19)36-17-35-22/h8-9,13-14H,3-7,10-12,16-17H2,1-2H3/b24-14+. The highest BCUT2D eigenvalue weighted by atomic mass is 32.2. The number of fused-ring (bicyclic) bond motifs is 1. The monoisotopic (exact) mass is 550 g/mol. The van der Waals surface area contributed by atoms with Crippen molar-refractivity contribution in [2.75, 3.05) is 24.8 Å². The highest BCUT2D eigenvalue weighted by molar-refractivity contribution is 8.26. The number of ether oxygens (including phenoxy) is 2. The first kappa shape index (κ1) is 26.3. The predicted molar refractivity (Wildman–Crippen MR) is 152 cm³/mol. The maximum atomic E-state index is 13.6. The average Bonchev–Trinajstić information content (AvgIpc) is 3.49.